The molecule has 4 heterocycles. The molecule has 0 amide bonds. The van der Waals surface area contributed by atoms with Crippen molar-refractivity contribution in [2.45, 2.75) is 18.9 Å². The normalized spacial score (nSPS) is 16.3. The topological polar surface area (TPSA) is 92.8 Å². The van der Waals surface area contributed by atoms with Crippen molar-refractivity contribution in [1.82, 2.24) is 24.9 Å². The van der Waals surface area contributed by atoms with Gasteiger partial charge in [0.2, 0.25) is 11.5 Å². The molecule has 3 aromatic heterocycles. The quantitative estimate of drug-likeness (QED) is 0.537. The van der Waals surface area contributed by atoms with Crippen LogP contribution in [-0.2, 0) is 7.05 Å². The second-order valence-electron chi connectivity index (χ2n) is 7.29. The summed E-state index contributed by atoms with van der Waals surface area (Å²) in [6.45, 7) is 0.835. The molecule has 1 saturated heterocycles. The maximum absolute atomic E-state index is 11.7. The molecule has 8 nitrogen and oxygen atoms in total. The lowest BCUT2D eigenvalue weighted by molar-refractivity contribution is 0.416. The van der Waals surface area contributed by atoms with Crippen LogP contribution in [0.2, 0.25) is 5.02 Å². The van der Waals surface area contributed by atoms with Crippen molar-refractivity contribution in [3.63, 3.8) is 0 Å². The van der Waals surface area contributed by atoms with Crippen LogP contribution >= 0.6 is 11.6 Å². The van der Waals surface area contributed by atoms with E-state index < -0.39 is 0 Å². The van der Waals surface area contributed by atoms with Gasteiger partial charge in [-0.1, -0.05) is 35.0 Å². The Hall–Kier alpha value is -3.39. The summed E-state index contributed by atoms with van der Waals surface area (Å²) < 4.78 is 7.49. The lowest BCUT2D eigenvalue weighted by Gasteiger charge is -2.23. The molecule has 1 aliphatic heterocycles. The zero-order chi connectivity index (χ0) is 20.7. The Morgan fingerprint density at radius 2 is 2.03 bits per heavy atom. The minimum absolute atomic E-state index is 0.0345. The van der Waals surface area contributed by atoms with E-state index in [9.17, 15) is 4.79 Å². The van der Waals surface area contributed by atoms with Crippen molar-refractivity contribution >= 4 is 17.5 Å². The summed E-state index contributed by atoms with van der Waals surface area (Å²) in [5.74, 6) is 2.01. The number of H-pyrrole nitrogens is 1. The highest BCUT2D eigenvalue weighted by Crippen LogP contribution is 2.37. The molecule has 0 spiro atoms. The number of pyridine rings is 1. The number of nitrogens with zero attached hydrogens (tertiary/aromatic N) is 5. The maximum Gasteiger partial charge on any atom is 0.248 e. The van der Waals surface area contributed by atoms with Crippen LogP contribution in [0.5, 0.6) is 0 Å². The van der Waals surface area contributed by atoms with Gasteiger partial charge in [0.05, 0.1) is 11.7 Å². The lowest BCUT2D eigenvalue weighted by atomic mass is 10.1. The van der Waals surface area contributed by atoms with Gasteiger partial charge in [0.1, 0.15) is 5.69 Å². The smallest absolute Gasteiger partial charge is 0.248 e. The van der Waals surface area contributed by atoms with Gasteiger partial charge in [0.25, 0.3) is 0 Å². The first-order valence-corrected chi connectivity index (χ1v) is 10.1. The van der Waals surface area contributed by atoms with E-state index in [1.54, 1.807) is 6.07 Å². The molecule has 1 N–H and O–H groups in total. The number of aromatic nitrogens is 5. The average Bonchev–Trinajstić information content (AvgIpc) is 3.47. The van der Waals surface area contributed by atoms with Crippen LogP contribution in [0.3, 0.4) is 0 Å². The zero-order valence-electron chi connectivity index (χ0n) is 16.2. The Morgan fingerprint density at radius 1 is 1.17 bits per heavy atom. The second kappa shape index (κ2) is 7.46. The standard InChI is InChI=1S/C21H19ClN6O2/c1-27-20(15-7-3-9-19(29)23-15)24-25-21(27)28-10-4-8-17(28)16-12-18(30-26-16)13-5-2-6-14(22)11-13/h2-3,5-7,9,11-12,17H,4,8,10H2,1H3,(H,23,29)/t17-/m1/s1. The first kappa shape index (κ1) is 18.6. The first-order chi connectivity index (χ1) is 14.6. The molecular weight excluding hydrogens is 404 g/mol. The Morgan fingerprint density at radius 3 is 2.87 bits per heavy atom. The molecule has 0 saturated carbocycles. The van der Waals surface area contributed by atoms with Crippen molar-refractivity contribution < 1.29 is 4.52 Å². The Kier molecular flexibility index (Phi) is 4.63. The van der Waals surface area contributed by atoms with Crippen molar-refractivity contribution in [2.75, 3.05) is 11.4 Å². The Balaban J connectivity index is 1.46. The molecular formula is C21H19ClN6O2. The number of nitrogens with one attached hydrogen (secondary N) is 1. The molecule has 0 unspecified atom stereocenters. The first-order valence-electron chi connectivity index (χ1n) is 9.68. The van der Waals surface area contributed by atoms with Gasteiger partial charge in [-0.2, -0.15) is 0 Å². The van der Waals surface area contributed by atoms with E-state index in [1.807, 2.05) is 48.0 Å². The Bertz CT molecular complexity index is 1260. The molecule has 5 rings (SSSR count). The van der Waals surface area contributed by atoms with Gasteiger partial charge < -0.3 is 14.4 Å². The van der Waals surface area contributed by atoms with Crippen molar-refractivity contribution in [2.24, 2.45) is 7.05 Å². The molecule has 1 aliphatic rings. The average molecular weight is 423 g/mol. The van der Waals surface area contributed by atoms with Gasteiger partial charge in [0, 0.05) is 36.3 Å². The third-order valence-corrected chi connectivity index (χ3v) is 5.58. The van der Waals surface area contributed by atoms with Crippen molar-refractivity contribution in [3.05, 3.63) is 69.6 Å². The SMILES string of the molecule is Cn1c(-c2cccc(=O)[nH]2)nnc1N1CCC[C@@H]1c1cc(-c2cccc(Cl)c2)on1. The number of halogens is 1. The van der Waals surface area contributed by atoms with Crippen molar-refractivity contribution in [3.8, 4) is 22.8 Å². The highest BCUT2D eigenvalue weighted by atomic mass is 35.5. The van der Waals surface area contributed by atoms with E-state index in [0.717, 1.165) is 36.6 Å². The van der Waals surface area contributed by atoms with Gasteiger partial charge in [0.15, 0.2) is 11.6 Å². The van der Waals surface area contributed by atoms with Crippen LogP contribution in [0.1, 0.15) is 24.6 Å². The number of aromatic amines is 1. The number of anilines is 1. The molecule has 152 valence electrons. The van der Waals surface area contributed by atoms with Gasteiger partial charge in [-0.05, 0) is 31.0 Å². The van der Waals surface area contributed by atoms with Crippen LogP contribution < -0.4 is 10.5 Å². The minimum atomic E-state index is -0.174. The second-order valence-corrected chi connectivity index (χ2v) is 7.73. The number of benzene rings is 1. The van der Waals surface area contributed by atoms with Gasteiger partial charge in [-0.25, -0.2) is 0 Å². The van der Waals surface area contributed by atoms with E-state index in [1.165, 1.54) is 6.07 Å². The molecule has 1 aromatic carbocycles. The fraction of sp³-hybridized carbons (Fsp3) is 0.238. The molecule has 0 bridgehead atoms. The number of rotatable bonds is 4. The van der Waals surface area contributed by atoms with Crippen LogP contribution in [0.15, 0.2) is 57.8 Å². The summed E-state index contributed by atoms with van der Waals surface area (Å²) >= 11 is 6.10. The molecule has 1 fully saturated rings. The molecule has 0 aliphatic carbocycles. The predicted octanol–water partition coefficient (Wildman–Crippen LogP) is 3.82. The summed E-state index contributed by atoms with van der Waals surface area (Å²) in [5, 5.41) is 13.7. The highest BCUT2D eigenvalue weighted by Gasteiger charge is 2.32. The van der Waals surface area contributed by atoms with Gasteiger partial charge in [-0.3, -0.25) is 9.36 Å². The third kappa shape index (κ3) is 3.29. The summed E-state index contributed by atoms with van der Waals surface area (Å²) in [4.78, 5) is 16.6. The van der Waals surface area contributed by atoms with Crippen LogP contribution in [-0.4, -0.2) is 31.4 Å². The molecule has 30 heavy (non-hydrogen) atoms. The van der Waals surface area contributed by atoms with Crippen molar-refractivity contribution in [1.29, 1.82) is 0 Å². The molecule has 4 aromatic rings. The van der Waals surface area contributed by atoms with E-state index in [4.69, 9.17) is 16.1 Å². The van der Waals surface area contributed by atoms with Gasteiger partial charge in [-0.15, -0.1) is 10.2 Å². The van der Waals surface area contributed by atoms with Crippen LogP contribution in [0.4, 0.5) is 5.95 Å². The lowest BCUT2D eigenvalue weighted by Crippen LogP contribution is -2.25. The summed E-state index contributed by atoms with van der Waals surface area (Å²) in [6, 6.07) is 14.5. The number of hydrogen-bond acceptors (Lipinski definition) is 6. The summed E-state index contributed by atoms with van der Waals surface area (Å²) in [6.07, 6.45) is 1.94. The molecule has 9 heteroatoms. The third-order valence-electron chi connectivity index (χ3n) is 5.35. The van der Waals surface area contributed by atoms with E-state index in [-0.39, 0.29) is 11.6 Å². The molecule has 0 radical (unpaired) electrons. The fourth-order valence-electron chi connectivity index (χ4n) is 3.92. The van der Waals surface area contributed by atoms with Crippen LogP contribution in [0, 0.1) is 0 Å². The highest BCUT2D eigenvalue weighted by molar-refractivity contribution is 6.30. The van der Waals surface area contributed by atoms with Gasteiger partial charge >= 0.3 is 0 Å². The predicted molar refractivity (Wildman–Crippen MR) is 113 cm³/mol. The zero-order valence-corrected chi connectivity index (χ0v) is 17.0. The largest absolute Gasteiger partial charge is 0.356 e. The monoisotopic (exact) mass is 422 g/mol. The van der Waals surface area contributed by atoms with E-state index >= 15 is 0 Å². The Labute approximate surface area is 177 Å². The fourth-order valence-corrected chi connectivity index (χ4v) is 4.11. The minimum Gasteiger partial charge on any atom is -0.356 e. The van der Waals surface area contributed by atoms with E-state index in [2.05, 4.69) is 25.2 Å². The number of hydrogen-bond donors (Lipinski definition) is 1. The van der Waals surface area contributed by atoms with Crippen LogP contribution in [0.25, 0.3) is 22.8 Å². The summed E-state index contributed by atoms with van der Waals surface area (Å²) in [5.41, 5.74) is 2.19. The molecule has 1 atom stereocenters. The van der Waals surface area contributed by atoms with E-state index in [0.29, 0.717) is 22.3 Å². The summed E-state index contributed by atoms with van der Waals surface area (Å²) in [7, 11) is 1.89. The maximum atomic E-state index is 11.7.